The summed E-state index contributed by atoms with van der Waals surface area (Å²) in [5, 5.41) is 45.8. The van der Waals surface area contributed by atoms with Gasteiger partial charge in [0.25, 0.3) is 20.2 Å². The monoisotopic (exact) mass is 951 g/mol. The molecule has 0 aromatic heterocycles. The number of ether oxygens (including phenoxy) is 2. The van der Waals surface area contributed by atoms with Gasteiger partial charge in [0.05, 0.1) is 30.5 Å². The molecule has 0 amide bonds. The summed E-state index contributed by atoms with van der Waals surface area (Å²) in [6.45, 7) is 0. The van der Waals surface area contributed by atoms with E-state index in [1.165, 1.54) is 38.5 Å². The minimum absolute atomic E-state index is 0. The van der Waals surface area contributed by atoms with Crippen LogP contribution in [0.2, 0.25) is 0 Å². The van der Waals surface area contributed by atoms with E-state index in [9.17, 15) is 49.1 Å². The number of anilines is 2. The van der Waals surface area contributed by atoms with Gasteiger partial charge in [-0.05, 0) is 105 Å². The molecule has 64 heavy (non-hydrogen) atoms. The number of methoxy groups -OCH3 is 2. The molecule has 24 heteroatoms. The number of benzene rings is 7. The number of hydrogen-bond donors (Lipinski definition) is 3. The Kier molecular flexibility index (Phi) is 17.3. The minimum Gasteiger partial charge on any atom is -0.871 e. The molecule has 18 nitrogen and oxygen atoms in total. The zero-order chi connectivity index (χ0) is 43.9. The van der Waals surface area contributed by atoms with Crippen molar-refractivity contribution >= 4 is 86.0 Å². The Labute approximate surface area is 432 Å². The first kappa shape index (κ1) is 52.6. The van der Waals surface area contributed by atoms with Gasteiger partial charge in [-0.3, -0.25) is 9.11 Å². The molecule has 0 bridgehead atoms. The maximum atomic E-state index is 13.6. The molecule has 0 aliphatic heterocycles. The van der Waals surface area contributed by atoms with Gasteiger partial charge in [-0.1, -0.05) is 54.0 Å². The molecule has 312 valence electrons. The predicted octanol–water partition coefficient (Wildman–Crippen LogP) is -1.19. The van der Waals surface area contributed by atoms with Crippen LogP contribution in [0.25, 0.3) is 32.7 Å². The zero-order valence-electron chi connectivity index (χ0n) is 34.4. The van der Waals surface area contributed by atoms with Crippen LogP contribution in [-0.4, -0.2) is 53.1 Å². The van der Waals surface area contributed by atoms with Crippen molar-refractivity contribution in [1.29, 1.82) is 0 Å². The molecule has 0 heterocycles. The standard InChI is InChI=1S/C40H31N5O13S3.3Na/c1-57-33-18-22(8-14-31(33)42-44-37-35(60(51,52)53)20-24-16-27(10-12-29(24)39(37)46)41-26-6-4-3-5-7-26)23-9-15-32(34(19-23)58-2)43-45-38-36(61(54,55)56)21-25-17-28(59(48,49)50)11-13-30(25)40(38)47;;;/h3-21,41,46-47H,1-2H3,(H,48,49,50)(H,51,52,53)(H,54,55,56);;;/q;3*+1/p-3. The summed E-state index contributed by atoms with van der Waals surface area (Å²) in [5.74, 6) is -1.60. The zero-order valence-corrected chi connectivity index (χ0v) is 42.8. The smallest absolute Gasteiger partial charge is 0.871 e. The van der Waals surface area contributed by atoms with E-state index in [1.54, 1.807) is 30.3 Å². The van der Waals surface area contributed by atoms with Gasteiger partial charge in [0.2, 0.25) is 0 Å². The van der Waals surface area contributed by atoms with Crippen LogP contribution in [-0.2, 0) is 30.4 Å². The van der Waals surface area contributed by atoms with E-state index in [0.29, 0.717) is 16.8 Å². The predicted molar refractivity (Wildman–Crippen MR) is 217 cm³/mol. The van der Waals surface area contributed by atoms with Gasteiger partial charge in [0.15, 0.2) is 0 Å². The third-order valence-corrected chi connectivity index (χ3v) is 11.7. The molecular formula is C40H28N5Na3O13S3. The Balaban J connectivity index is 0.00000299. The van der Waals surface area contributed by atoms with Gasteiger partial charge in [-0.15, -0.1) is 20.5 Å². The third kappa shape index (κ3) is 11.5. The van der Waals surface area contributed by atoms with Crippen LogP contribution >= 0.6 is 0 Å². The summed E-state index contributed by atoms with van der Waals surface area (Å²) in [5.41, 5.74) is 1.02. The Hall–Kier alpha value is -4.01. The fourth-order valence-corrected chi connectivity index (χ4v) is 8.06. The summed E-state index contributed by atoms with van der Waals surface area (Å²) in [4.78, 5) is -2.46. The average Bonchev–Trinajstić information content (AvgIpc) is 3.22. The maximum Gasteiger partial charge on any atom is 1.00 e. The third-order valence-electron chi connectivity index (χ3n) is 9.15. The average molecular weight is 952 g/mol. The van der Waals surface area contributed by atoms with Crippen molar-refractivity contribution in [3.05, 3.63) is 115 Å². The first-order valence-corrected chi connectivity index (χ1v) is 21.6. The number of para-hydroxylation sites is 1. The molecule has 0 fully saturated rings. The van der Waals surface area contributed by atoms with E-state index in [0.717, 1.165) is 36.0 Å². The molecule has 7 aromatic carbocycles. The molecule has 0 spiro atoms. The largest absolute Gasteiger partial charge is 1.00 e. The van der Waals surface area contributed by atoms with Gasteiger partial charge < -0.3 is 29.6 Å². The van der Waals surface area contributed by atoms with E-state index < -0.39 is 67.9 Å². The van der Waals surface area contributed by atoms with E-state index in [-0.39, 0.29) is 133 Å². The van der Waals surface area contributed by atoms with Gasteiger partial charge in [0.1, 0.15) is 42.8 Å². The van der Waals surface area contributed by atoms with Crippen molar-refractivity contribution < 1.29 is 147 Å². The van der Waals surface area contributed by atoms with Crippen molar-refractivity contribution in [1.82, 2.24) is 0 Å². The van der Waals surface area contributed by atoms with E-state index in [2.05, 4.69) is 25.8 Å². The first-order chi connectivity index (χ1) is 28.8. The summed E-state index contributed by atoms with van der Waals surface area (Å²) < 4.78 is 115. The molecule has 0 aliphatic rings. The van der Waals surface area contributed by atoms with Gasteiger partial charge in [-0.2, -0.15) is 16.8 Å². The molecule has 0 atom stereocenters. The quantitative estimate of drug-likeness (QED) is 0.0738. The van der Waals surface area contributed by atoms with Gasteiger partial charge in [-0.25, -0.2) is 8.42 Å². The Morgan fingerprint density at radius 2 is 0.984 bits per heavy atom. The maximum absolute atomic E-state index is 13.6. The second-order valence-electron chi connectivity index (χ2n) is 13.0. The first-order valence-electron chi connectivity index (χ1n) is 17.3. The van der Waals surface area contributed by atoms with E-state index in [4.69, 9.17) is 9.47 Å². The number of hydrogen-bond acceptors (Lipinski definition) is 16. The molecule has 0 saturated heterocycles. The summed E-state index contributed by atoms with van der Waals surface area (Å²) in [7, 11) is -12.4. The van der Waals surface area contributed by atoms with Crippen molar-refractivity contribution in [2.45, 2.75) is 14.7 Å². The summed E-state index contributed by atoms with van der Waals surface area (Å²) in [6.07, 6.45) is 0. The second kappa shape index (κ2) is 21.1. The molecule has 3 N–H and O–H groups in total. The van der Waals surface area contributed by atoms with Crippen LogP contribution in [0.5, 0.6) is 23.0 Å². The van der Waals surface area contributed by atoms with Crippen LogP contribution < -0.4 is 114 Å². The molecule has 0 saturated carbocycles. The topological polar surface area (TPSA) is 292 Å². The van der Waals surface area contributed by atoms with Crippen LogP contribution in [0, 0.1) is 0 Å². The Morgan fingerprint density at radius 1 is 0.531 bits per heavy atom. The summed E-state index contributed by atoms with van der Waals surface area (Å²) in [6, 6.07) is 27.6. The van der Waals surface area contributed by atoms with Crippen molar-refractivity contribution in [3.8, 4) is 34.1 Å². The van der Waals surface area contributed by atoms with Crippen LogP contribution in [0.4, 0.5) is 34.1 Å². The Bertz CT molecular complexity index is 3330. The second-order valence-corrected chi connectivity index (χ2v) is 17.2. The molecule has 0 unspecified atom stereocenters. The molecule has 7 aromatic rings. The molecular weight excluding hydrogens is 924 g/mol. The van der Waals surface area contributed by atoms with Crippen molar-refractivity contribution in [2.24, 2.45) is 20.5 Å². The van der Waals surface area contributed by atoms with Gasteiger partial charge in [0, 0.05) is 11.4 Å². The number of rotatable bonds is 12. The van der Waals surface area contributed by atoms with Crippen LogP contribution in [0.15, 0.2) is 150 Å². The number of nitrogens with one attached hydrogen (secondary N) is 1. The van der Waals surface area contributed by atoms with Crippen molar-refractivity contribution in [3.63, 3.8) is 0 Å². The minimum atomic E-state index is -5.11. The normalized spacial score (nSPS) is 11.8. The molecule has 0 radical (unpaired) electrons. The fourth-order valence-electron chi connectivity index (χ4n) is 6.25. The Morgan fingerprint density at radius 3 is 1.42 bits per heavy atom. The van der Waals surface area contributed by atoms with Gasteiger partial charge >= 0.3 is 88.7 Å². The molecule has 0 aliphatic carbocycles. The van der Waals surface area contributed by atoms with E-state index >= 15 is 0 Å². The van der Waals surface area contributed by atoms with Crippen LogP contribution in [0.3, 0.4) is 0 Å². The van der Waals surface area contributed by atoms with Crippen LogP contribution in [0.1, 0.15) is 0 Å². The number of azo groups is 2. The summed E-state index contributed by atoms with van der Waals surface area (Å²) >= 11 is 0. The molecule has 7 rings (SSSR count). The number of nitrogens with zero attached hydrogens (tertiary/aromatic N) is 4. The fraction of sp³-hybridized carbons (Fsp3) is 0.0500. The van der Waals surface area contributed by atoms with E-state index in [1.807, 2.05) is 30.3 Å². The van der Waals surface area contributed by atoms with Crippen molar-refractivity contribution in [2.75, 3.05) is 19.5 Å². The number of fused-ring (bicyclic) bond motifs is 2. The SMILES string of the molecule is COc1cc(-c2ccc(N=Nc3c(S(=O)(=O)O)cc4cc(S(=O)(=O)[O-])ccc4c3[O-])c(OC)c2)ccc1N=Nc1c(S(=O)(=O)O)cc2cc(Nc3ccccc3)ccc2c1[O-].[Na+].[Na+].[Na+].